The highest BCUT2D eigenvalue weighted by Gasteiger charge is 2.29. The van der Waals surface area contributed by atoms with E-state index in [0.29, 0.717) is 10.6 Å². The van der Waals surface area contributed by atoms with E-state index in [4.69, 9.17) is 27.9 Å². The highest BCUT2D eigenvalue weighted by atomic mass is 35.5. The summed E-state index contributed by atoms with van der Waals surface area (Å²) in [5.74, 6) is -1.40. The van der Waals surface area contributed by atoms with Gasteiger partial charge in [-0.1, -0.05) is 77.8 Å². The molecule has 1 N–H and O–H groups in total. The molecule has 4 rings (SSSR count). The molecule has 158 valence electrons. The maximum atomic E-state index is 12.5. The summed E-state index contributed by atoms with van der Waals surface area (Å²) in [6.07, 6.45) is -1.15. The van der Waals surface area contributed by atoms with Crippen LogP contribution >= 0.6 is 23.2 Å². The summed E-state index contributed by atoms with van der Waals surface area (Å²) in [5.41, 5.74) is 4.92. The lowest BCUT2D eigenvalue weighted by Gasteiger charge is -2.21. The fourth-order valence-electron chi connectivity index (χ4n) is 3.93. The first kappa shape index (κ1) is 21.2. The molecule has 1 aliphatic carbocycles. The minimum atomic E-state index is -1.31. The van der Waals surface area contributed by atoms with Crippen LogP contribution in [0.2, 0.25) is 10.0 Å². The molecule has 0 saturated heterocycles. The average molecular weight is 455 g/mol. The van der Waals surface area contributed by atoms with Crippen molar-refractivity contribution in [2.75, 3.05) is 6.61 Å². The molecule has 5 nitrogen and oxygen atoms in total. The Morgan fingerprint density at radius 2 is 1.55 bits per heavy atom. The lowest BCUT2D eigenvalue weighted by molar-refractivity contribution is -0.306. The van der Waals surface area contributed by atoms with E-state index in [-0.39, 0.29) is 17.5 Å². The summed E-state index contributed by atoms with van der Waals surface area (Å²) in [5, 5.41) is 14.4. The Hall–Kier alpha value is -3.02. The van der Waals surface area contributed by atoms with Gasteiger partial charge in [0.15, 0.2) is 0 Å². The zero-order valence-corrected chi connectivity index (χ0v) is 17.8. The van der Waals surface area contributed by atoms with Gasteiger partial charge in [0.05, 0.1) is 16.1 Å². The number of nitrogens with one attached hydrogen (secondary N) is 1. The van der Waals surface area contributed by atoms with Crippen LogP contribution in [0.1, 0.15) is 35.1 Å². The molecule has 0 bridgehead atoms. The molecule has 31 heavy (non-hydrogen) atoms. The van der Waals surface area contributed by atoms with Crippen LogP contribution in [-0.2, 0) is 9.53 Å². The van der Waals surface area contributed by atoms with Gasteiger partial charge in [-0.15, -0.1) is 0 Å². The van der Waals surface area contributed by atoms with Gasteiger partial charge in [0.25, 0.3) is 0 Å². The number of carbonyl (C=O) groups is 2. The summed E-state index contributed by atoms with van der Waals surface area (Å²) in [6, 6.07) is 19.8. The number of halogens is 2. The molecule has 1 aliphatic rings. The number of carboxylic acids is 1. The third-order valence-electron chi connectivity index (χ3n) is 5.35. The van der Waals surface area contributed by atoms with E-state index in [9.17, 15) is 14.7 Å². The molecule has 3 aromatic carbocycles. The van der Waals surface area contributed by atoms with Crippen molar-refractivity contribution in [2.24, 2.45) is 0 Å². The third kappa shape index (κ3) is 4.53. The first-order valence-corrected chi connectivity index (χ1v) is 10.5. The number of aliphatic carboxylic acids is 1. The Balaban J connectivity index is 1.49. The first-order chi connectivity index (χ1) is 14.9. The van der Waals surface area contributed by atoms with Crippen molar-refractivity contribution in [3.63, 3.8) is 0 Å². The fourth-order valence-corrected chi connectivity index (χ4v) is 4.24. The topological polar surface area (TPSA) is 78.5 Å². The number of alkyl carbamates (subject to hydrolysis) is 1. The zero-order chi connectivity index (χ0) is 22.0. The maximum absolute atomic E-state index is 12.5. The minimum Gasteiger partial charge on any atom is -0.550 e. The van der Waals surface area contributed by atoms with Gasteiger partial charge >= 0.3 is 6.09 Å². The fraction of sp³-hybridized carbons (Fsp3) is 0.167. The van der Waals surface area contributed by atoms with Crippen molar-refractivity contribution in [2.45, 2.75) is 18.4 Å². The van der Waals surface area contributed by atoms with Crippen molar-refractivity contribution in [1.29, 1.82) is 0 Å². The van der Waals surface area contributed by atoms with Crippen LogP contribution in [0, 0.1) is 0 Å². The van der Waals surface area contributed by atoms with Crippen molar-refractivity contribution in [3.8, 4) is 11.1 Å². The molecule has 0 aliphatic heterocycles. The number of hydrogen-bond acceptors (Lipinski definition) is 4. The molecule has 0 heterocycles. The Labute approximate surface area is 189 Å². The number of rotatable bonds is 6. The van der Waals surface area contributed by atoms with Crippen LogP contribution in [0.5, 0.6) is 0 Å². The molecule has 0 aromatic heterocycles. The van der Waals surface area contributed by atoms with E-state index in [1.165, 1.54) is 6.07 Å². The molecule has 1 atom stereocenters. The third-order valence-corrected chi connectivity index (χ3v) is 6.09. The quantitative estimate of drug-likeness (QED) is 0.584. The molecular formula is C24H18Cl2NO4-. The van der Waals surface area contributed by atoms with Crippen LogP contribution in [0.4, 0.5) is 4.79 Å². The lowest BCUT2D eigenvalue weighted by atomic mass is 9.98. The molecule has 0 fully saturated rings. The van der Waals surface area contributed by atoms with Gasteiger partial charge in [-0.2, -0.15) is 0 Å². The Morgan fingerprint density at radius 3 is 2.13 bits per heavy atom. The van der Waals surface area contributed by atoms with Gasteiger partial charge in [-0.25, -0.2) is 4.79 Å². The summed E-state index contributed by atoms with van der Waals surface area (Å²) in [4.78, 5) is 23.7. The van der Waals surface area contributed by atoms with Crippen LogP contribution in [0.15, 0.2) is 66.7 Å². The number of benzene rings is 3. The van der Waals surface area contributed by atoms with Crippen LogP contribution in [0.25, 0.3) is 11.1 Å². The first-order valence-electron chi connectivity index (χ1n) is 9.70. The number of carboxylic acid groups (broad SMARTS) is 1. The van der Waals surface area contributed by atoms with Crippen molar-refractivity contribution >= 4 is 35.3 Å². The van der Waals surface area contributed by atoms with Crippen molar-refractivity contribution in [3.05, 3.63) is 93.5 Å². The monoisotopic (exact) mass is 454 g/mol. The number of ether oxygens (including phenoxy) is 1. The zero-order valence-electron chi connectivity index (χ0n) is 16.3. The summed E-state index contributed by atoms with van der Waals surface area (Å²) < 4.78 is 5.50. The summed E-state index contributed by atoms with van der Waals surface area (Å²) >= 11 is 12.0. The normalized spacial score (nSPS) is 13.2. The molecule has 0 unspecified atom stereocenters. The van der Waals surface area contributed by atoms with E-state index in [0.717, 1.165) is 22.3 Å². The molecule has 0 radical (unpaired) electrons. The standard InChI is InChI=1S/C24H19Cl2NO4/c25-20-10-9-14(11-21(20)26)22(12-23(28)29)27-24(30)31-13-19-17-7-3-1-5-15(17)16-6-2-4-8-18(16)19/h1-11,19,22H,12-13H2,(H,27,30)(H,28,29)/p-1/t22-/m0/s1. The van der Waals surface area contributed by atoms with Crippen molar-refractivity contribution in [1.82, 2.24) is 5.32 Å². The number of amides is 1. The number of hydrogen-bond donors (Lipinski definition) is 1. The molecule has 3 aromatic rings. The lowest BCUT2D eigenvalue weighted by Crippen LogP contribution is -2.35. The SMILES string of the molecule is O=C([O-])C[C@H](NC(=O)OCC1c2ccccc2-c2ccccc21)c1ccc(Cl)c(Cl)c1. The molecular weight excluding hydrogens is 437 g/mol. The summed E-state index contributed by atoms with van der Waals surface area (Å²) in [7, 11) is 0. The predicted molar refractivity (Wildman–Crippen MR) is 117 cm³/mol. The number of fused-ring (bicyclic) bond motifs is 3. The van der Waals surface area contributed by atoms with Crippen LogP contribution < -0.4 is 10.4 Å². The Kier molecular flexibility index (Phi) is 6.16. The smallest absolute Gasteiger partial charge is 0.407 e. The van der Waals surface area contributed by atoms with Crippen LogP contribution in [0.3, 0.4) is 0 Å². The Bertz CT molecular complexity index is 1100. The highest BCUT2D eigenvalue weighted by molar-refractivity contribution is 6.42. The second-order valence-electron chi connectivity index (χ2n) is 7.27. The van der Waals surface area contributed by atoms with E-state index >= 15 is 0 Å². The van der Waals surface area contributed by atoms with Gasteiger partial charge in [-0.3, -0.25) is 0 Å². The molecule has 7 heteroatoms. The van der Waals surface area contributed by atoms with Gasteiger partial charge in [0.2, 0.25) is 0 Å². The second-order valence-corrected chi connectivity index (χ2v) is 8.09. The van der Waals surface area contributed by atoms with Gasteiger partial charge in [0.1, 0.15) is 6.61 Å². The van der Waals surface area contributed by atoms with Gasteiger partial charge in [-0.05, 0) is 39.9 Å². The van der Waals surface area contributed by atoms with Gasteiger partial charge in [0, 0.05) is 18.3 Å². The van der Waals surface area contributed by atoms with E-state index in [1.807, 2.05) is 36.4 Å². The average Bonchev–Trinajstić information content (AvgIpc) is 3.07. The van der Waals surface area contributed by atoms with Crippen LogP contribution in [-0.4, -0.2) is 18.7 Å². The Morgan fingerprint density at radius 1 is 0.935 bits per heavy atom. The molecule has 0 spiro atoms. The van der Waals surface area contributed by atoms with Gasteiger partial charge < -0.3 is 20.0 Å². The maximum Gasteiger partial charge on any atom is 0.407 e. The minimum absolute atomic E-state index is 0.0947. The highest BCUT2D eigenvalue weighted by Crippen LogP contribution is 2.44. The largest absolute Gasteiger partial charge is 0.550 e. The van der Waals surface area contributed by atoms with Crippen molar-refractivity contribution < 1.29 is 19.4 Å². The van der Waals surface area contributed by atoms with E-state index in [2.05, 4.69) is 17.4 Å². The van der Waals surface area contributed by atoms with E-state index in [1.54, 1.807) is 12.1 Å². The predicted octanol–water partition coefficient (Wildman–Crippen LogP) is 4.71. The second kappa shape index (κ2) is 9.00. The number of carbonyl (C=O) groups excluding carboxylic acids is 2. The summed E-state index contributed by atoms with van der Waals surface area (Å²) in [6.45, 7) is 0.124. The molecule has 1 amide bonds. The molecule has 0 saturated carbocycles. The van der Waals surface area contributed by atoms with E-state index < -0.39 is 24.5 Å².